The predicted molar refractivity (Wildman–Crippen MR) is 98.2 cm³/mol. The van der Waals surface area contributed by atoms with Crippen molar-refractivity contribution in [2.24, 2.45) is 0 Å². The molecule has 0 aliphatic rings. The molecule has 0 unspecified atom stereocenters. The van der Waals surface area contributed by atoms with E-state index in [4.69, 9.17) is 0 Å². The van der Waals surface area contributed by atoms with E-state index in [2.05, 4.69) is 18.8 Å². The Balaban J connectivity index is 2.21. The van der Waals surface area contributed by atoms with E-state index >= 15 is 0 Å². The summed E-state index contributed by atoms with van der Waals surface area (Å²) in [5.41, 5.74) is 1.56. The number of thioether (sulfide) groups is 2. The van der Waals surface area contributed by atoms with Crippen LogP contribution in [-0.4, -0.2) is 17.4 Å². The van der Waals surface area contributed by atoms with Crippen molar-refractivity contribution in [1.29, 1.82) is 0 Å². The van der Waals surface area contributed by atoms with E-state index in [1.165, 1.54) is 0 Å². The van der Waals surface area contributed by atoms with Gasteiger partial charge >= 0.3 is 0 Å². The summed E-state index contributed by atoms with van der Waals surface area (Å²) in [5.74, 6) is 1.68. The van der Waals surface area contributed by atoms with Crippen molar-refractivity contribution in [1.82, 2.24) is 0 Å². The number of para-hydroxylation sites is 1. The highest BCUT2D eigenvalue weighted by atomic mass is 32.2. The van der Waals surface area contributed by atoms with E-state index in [1.54, 1.807) is 23.5 Å². The Kier molecular flexibility index (Phi) is 6.62. The van der Waals surface area contributed by atoms with Crippen LogP contribution in [0.4, 0.5) is 5.69 Å². The van der Waals surface area contributed by atoms with Crippen LogP contribution in [0, 0.1) is 0 Å². The van der Waals surface area contributed by atoms with Crippen LogP contribution < -0.4 is 5.32 Å². The molecule has 2 aromatic carbocycles. The second kappa shape index (κ2) is 8.71. The summed E-state index contributed by atoms with van der Waals surface area (Å²) >= 11 is 3.34. The molecule has 0 radical (unpaired) electrons. The maximum Gasteiger partial charge on any atom is 0.256 e. The quantitative estimate of drug-likeness (QED) is 0.550. The molecule has 2 aromatic rings. The number of rotatable bonds is 7. The van der Waals surface area contributed by atoms with Crippen molar-refractivity contribution < 1.29 is 4.79 Å². The molecule has 0 bridgehead atoms. The molecule has 1 amide bonds. The number of hydrogen-bond donors (Lipinski definition) is 1. The number of carbonyl (C=O) groups is 1. The number of amides is 1. The molecule has 0 spiro atoms. The molecule has 0 heterocycles. The molecular formula is C18H19NOS2. The summed E-state index contributed by atoms with van der Waals surface area (Å²) in [4.78, 5) is 14.7. The number of anilines is 1. The van der Waals surface area contributed by atoms with Crippen LogP contribution in [0.3, 0.4) is 0 Å². The van der Waals surface area contributed by atoms with Crippen molar-refractivity contribution in [2.75, 3.05) is 16.8 Å². The highest BCUT2D eigenvalue weighted by Gasteiger charge is 2.12. The zero-order valence-corrected chi connectivity index (χ0v) is 14.2. The van der Waals surface area contributed by atoms with Crippen LogP contribution in [0.2, 0.25) is 0 Å². The molecule has 0 aliphatic carbocycles. The smallest absolute Gasteiger partial charge is 0.256 e. The van der Waals surface area contributed by atoms with Gasteiger partial charge in [0.2, 0.25) is 0 Å². The molecule has 0 aromatic heterocycles. The van der Waals surface area contributed by atoms with Crippen molar-refractivity contribution in [3.05, 3.63) is 66.7 Å². The number of carbonyl (C=O) groups excluding carboxylic acids is 1. The zero-order valence-electron chi connectivity index (χ0n) is 12.5. The van der Waals surface area contributed by atoms with Gasteiger partial charge in [0.05, 0.1) is 11.3 Å². The molecule has 22 heavy (non-hydrogen) atoms. The Morgan fingerprint density at radius 2 is 1.77 bits per heavy atom. The Hall–Kier alpha value is -1.65. The fourth-order valence-corrected chi connectivity index (χ4v) is 3.52. The predicted octanol–water partition coefficient (Wildman–Crippen LogP) is 5.33. The van der Waals surface area contributed by atoms with Gasteiger partial charge < -0.3 is 5.32 Å². The van der Waals surface area contributed by atoms with Crippen molar-refractivity contribution in [3.8, 4) is 0 Å². The minimum Gasteiger partial charge on any atom is -0.321 e. The van der Waals surface area contributed by atoms with Crippen LogP contribution in [0.15, 0.2) is 71.0 Å². The highest BCUT2D eigenvalue weighted by molar-refractivity contribution is 7.99. The summed E-state index contributed by atoms with van der Waals surface area (Å²) in [6, 6.07) is 15.6. The van der Waals surface area contributed by atoms with Crippen LogP contribution in [-0.2, 0) is 0 Å². The van der Waals surface area contributed by atoms with Gasteiger partial charge in [0.15, 0.2) is 0 Å². The summed E-state index contributed by atoms with van der Waals surface area (Å²) in [5, 5.41) is 3.03. The minimum absolute atomic E-state index is 0.0729. The first-order valence-electron chi connectivity index (χ1n) is 7.12. The Labute approximate surface area is 140 Å². The van der Waals surface area contributed by atoms with E-state index in [9.17, 15) is 4.79 Å². The lowest BCUT2D eigenvalue weighted by molar-refractivity contribution is 0.102. The normalized spacial score (nSPS) is 10.2. The van der Waals surface area contributed by atoms with Crippen LogP contribution in [0.5, 0.6) is 0 Å². The van der Waals surface area contributed by atoms with Gasteiger partial charge in [-0.3, -0.25) is 4.79 Å². The number of hydrogen-bond acceptors (Lipinski definition) is 3. The van der Waals surface area contributed by atoms with Gasteiger partial charge in [-0.2, -0.15) is 0 Å². The molecule has 114 valence electrons. The number of nitrogens with one attached hydrogen (secondary N) is 1. The van der Waals surface area contributed by atoms with Gasteiger partial charge in [0.1, 0.15) is 0 Å². The average Bonchev–Trinajstić information content (AvgIpc) is 2.55. The zero-order chi connectivity index (χ0) is 15.8. The molecule has 2 rings (SSSR count). The molecule has 0 fully saturated rings. The van der Waals surface area contributed by atoms with E-state index in [1.807, 2.05) is 54.6 Å². The molecule has 0 aliphatic heterocycles. The lowest BCUT2D eigenvalue weighted by Gasteiger charge is -2.12. The van der Waals surface area contributed by atoms with Gasteiger partial charge in [-0.05, 0) is 30.0 Å². The first-order valence-corrected chi connectivity index (χ1v) is 9.09. The van der Waals surface area contributed by atoms with Gasteiger partial charge in [-0.1, -0.05) is 37.3 Å². The fraction of sp³-hybridized carbons (Fsp3) is 0.167. The largest absolute Gasteiger partial charge is 0.321 e. The van der Waals surface area contributed by atoms with Crippen molar-refractivity contribution >= 4 is 35.1 Å². The number of benzene rings is 2. The summed E-state index contributed by atoms with van der Waals surface area (Å²) in [6.45, 7) is 5.83. The topological polar surface area (TPSA) is 29.1 Å². The van der Waals surface area contributed by atoms with Crippen LogP contribution in [0.25, 0.3) is 0 Å². The van der Waals surface area contributed by atoms with Gasteiger partial charge in [0.25, 0.3) is 5.91 Å². The Morgan fingerprint density at radius 1 is 1.09 bits per heavy atom. The third-order valence-electron chi connectivity index (χ3n) is 2.92. The van der Waals surface area contributed by atoms with E-state index in [0.717, 1.165) is 27.0 Å². The van der Waals surface area contributed by atoms with E-state index < -0.39 is 0 Å². The Morgan fingerprint density at radius 3 is 2.50 bits per heavy atom. The molecule has 0 saturated heterocycles. The van der Waals surface area contributed by atoms with Gasteiger partial charge in [-0.25, -0.2) is 0 Å². The molecule has 2 nitrogen and oxygen atoms in total. The SMILES string of the molecule is C=CCSc1ccccc1C(=O)Nc1ccccc1SCC. The average molecular weight is 329 g/mol. The first kappa shape index (κ1) is 16.7. The fourth-order valence-electron chi connectivity index (χ4n) is 1.97. The van der Waals surface area contributed by atoms with Gasteiger partial charge in [0, 0.05) is 15.5 Å². The van der Waals surface area contributed by atoms with Gasteiger partial charge in [-0.15, -0.1) is 30.1 Å². The lowest BCUT2D eigenvalue weighted by Crippen LogP contribution is -2.13. The molecule has 0 atom stereocenters. The second-order valence-electron chi connectivity index (χ2n) is 4.48. The van der Waals surface area contributed by atoms with Crippen LogP contribution >= 0.6 is 23.5 Å². The van der Waals surface area contributed by atoms with E-state index in [0.29, 0.717) is 5.56 Å². The van der Waals surface area contributed by atoms with Crippen molar-refractivity contribution in [2.45, 2.75) is 16.7 Å². The molecule has 4 heteroatoms. The Bertz CT molecular complexity index is 655. The third kappa shape index (κ3) is 4.42. The van der Waals surface area contributed by atoms with Crippen LogP contribution in [0.1, 0.15) is 17.3 Å². The van der Waals surface area contributed by atoms with Crippen molar-refractivity contribution in [3.63, 3.8) is 0 Å². The minimum atomic E-state index is -0.0729. The second-order valence-corrected chi connectivity index (χ2v) is 6.85. The maximum absolute atomic E-state index is 12.6. The lowest BCUT2D eigenvalue weighted by atomic mass is 10.2. The molecule has 0 saturated carbocycles. The highest BCUT2D eigenvalue weighted by Crippen LogP contribution is 2.28. The standard InChI is InChI=1S/C18H19NOS2/c1-3-13-22-16-11-7-5-9-14(16)18(20)19-15-10-6-8-12-17(15)21-4-2/h3,5-12H,1,4,13H2,2H3,(H,19,20). The first-order chi connectivity index (χ1) is 10.8. The summed E-state index contributed by atoms with van der Waals surface area (Å²) in [7, 11) is 0. The maximum atomic E-state index is 12.6. The molecule has 1 N–H and O–H groups in total. The molecular weight excluding hydrogens is 310 g/mol. The van der Waals surface area contributed by atoms with E-state index in [-0.39, 0.29) is 5.91 Å². The summed E-state index contributed by atoms with van der Waals surface area (Å²) in [6.07, 6.45) is 1.84. The monoisotopic (exact) mass is 329 g/mol. The summed E-state index contributed by atoms with van der Waals surface area (Å²) < 4.78 is 0. The third-order valence-corrected chi connectivity index (χ3v) is 4.95.